The minimum atomic E-state index is -0.463. The summed E-state index contributed by atoms with van der Waals surface area (Å²) in [7, 11) is 4.35. The number of H-pyrrole nitrogens is 1. The normalized spacial score (nSPS) is 10.9. The zero-order valence-corrected chi connectivity index (χ0v) is 22.1. The van der Waals surface area contributed by atoms with Gasteiger partial charge in [0.2, 0.25) is 5.91 Å². The van der Waals surface area contributed by atoms with Crippen LogP contribution in [0, 0.1) is 0 Å². The standard InChI is InChI=1S/C28H24N4O6S/c1-36-21-13-12-18(14-22(21)37-2)32-26(34)25-24(19-6-4-5-7-20(19)30-25)31-28(32)39-15-23(33)29-17-10-8-16(9-11-17)27(35)38-3/h4-14,30H,15H2,1-3H3,(H,29,33). The van der Waals surface area contributed by atoms with Crippen LogP contribution < -0.4 is 20.3 Å². The molecule has 5 aromatic rings. The number of ether oxygens (including phenoxy) is 3. The number of aromatic amines is 1. The Kier molecular flexibility index (Phi) is 7.24. The molecule has 2 heterocycles. The maximum absolute atomic E-state index is 13.8. The Hall–Kier alpha value is -4.77. The molecule has 1 amide bonds. The molecule has 0 aliphatic carbocycles. The second-order valence-electron chi connectivity index (χ2n) is 8.37. The number of methoxy groups -OCH3 is 3. The molecule has 10 nitrogen and oxygen atoms in total. The molecular formula is C28H24N4O6S. The van der Waals surface area contributed by atoms with Crippen LogP contribution in [-0.2, 0) is 9.53 Å². The Bertz CT molecular complexity index is 1760. The van der Waals surface area contributed by atoms with Gasteiger partial charge < -0.3 is 24.5 Å². The van der Waals surface area contributed by atoms with Crippen molar-refractivity contribution in [1.82, 2.24) is 14.5 Å². The van der Waals surface area contributed by atoms with Crippen LogP contribution >= 0.6 is 11.8 Å². The van der Waals surface area contributed by atoms with Crippen molar-refractivity contribution < 1.29 is 23.8 Å². The van der Waals surface area contributed by atoms with E-state index in [1.54, 1.807) is 42.5 Å². The summed E-state index contributed by atoms with van der Waals surface area (Å²) >= 11 is 1.13. The van der Waals surface area contributed by atoms with E-state index in [0.717, 1.165) is 22.7 Å². The van der Waals surface area contributed by atoms with Crippen LogP contribution in [0.5, 0.6) is 11.5 Å². The lowest BCUT2D eigenvalue weighted by Crippen LogP contribution is -2.23. The first-order chi connectivity index (χ1) is 18.9. The van der Waals surface area contributed by atoms with Gasteiger partial charge in [0.25, 0.3) is 5.56 Å². The van der Waals surface area contributed by atoms with E-state index in [2.05, 4.69) is 10.3 Å². The van der Waals surface area contributed by atoms with E-state index in [4.69, 9.17) is 19.2 Å². The van der Waals surface area contributed by atoms with E-state index >= 15 is 0 Å². The van der Waals surface area contributed by atoms with Crippen LogP contribution in [0.1, 0.15) is 10.4 Å². The molecule has 198 valence electrons. The Morgan fingerprint density at radius 3 is 2.44 bits per heavy atom. The van der Waals surface area contributed by atoms with Gasteiger partial charge in [-0.05, 0) is 42.5 Å². The molecule has 0 unspecified atom stereocenters. The highest BCUT2D eigenvalue weighted by atomic mass is 32.2. The van der Waals surface area contributed by atoms with Gasteiger partial charge in [-0.1, -0.05) is 30.0 Å². The first-order valence-corrected chi connectivity index (χ1v) is 12.8. The molecule has 2 N–H and O–H groups in total. The number of nitrogens with one attached hydrogen (secondary N) is 2. The number of benzene rings is 3. The fraction of sp³-hybridized carbons (Fsp3) is 0.143. The minimum absolute atomic E-state index is 0.0215. The zero-order chi connectivity index (χ0) is 27.5. The van der Waals surface area contributed by atoms with Crippen molar-refractivity contribution in [2.75, 3.05) is 32.4 Å². The van der Waals surface area contributed by atoms with E-state index in [1.807, 2.05) is 24.3 Å². The molecule has 11 heteroatoms. The molecule has 0 atom stereocenters. The predicted molar refractivity (Wildman–Crippen MR) is 149 cm³/mol. The summed E-state index contributed by atoms with van der Waals surface area (Å²) in [4.78, 5) is 46.2. The zero-order valence-electron chi connectivity index (χ0n) is 21.3. The third kappa shape index (κ3) is 5.04. The van der Waals surface area contributed by atoms with Crippen LogP contribution in [0.15, 0.2) is 76.7 Å². The molecule has 0 aliphatic rings. The number of hydrogen-bond donors (Lipinski definition) is 2. The van der Waals surface area contributed by atoms with Crippen LogP contribution in [-0.4, -0.2) is 53.5 Å². The fourth-order valence-electron chi connectivity index (χ4n) is 4.17. The quantitative estimate of drug-likeness (QED) is 0.167. The molecule has 0 bridgehead atoms. The van der Waals surface area contributed by atoms with Crippen molar-refractivity contribution in [2.45, 2.75) is 5.16 Å². The van der Waals surface area contributed by atoms with E-state index in [0.29, 0.717) is 44.6 Å². The number of fused-ring (bicyclic) bond motifs is 3. The topological polar surface area (TPSA) is 125 Å². The molecule has 0 saturated heterocycles. The number of esters is 1. The maximum Gasteiger partial charge on any atom is 0.337 e. The van der Waals surface area contributed by atoms with E-state index < -0.39 is 5.97 Å². The van der Waals surface area contributed by atoms with Crippen molar-refractivity contribution in [1.29, 1.82) is 0 Å². The van der Waals surface area contributed by atoms with Gasteiger partial charge in [-0.3, -0.25) is 14.2 Å². The lowest BCUT2D eigenvalue weighted by atomic mass is 10.2. The summed E-state index contributed by atoms with van der Waals surface area (Å²) in [6, 6.07) is 19.0. The molecule has 0 radical (unpaired) electrons. The summed E-state index contributed by atoms with van der Waals surface area (Å²) in [5.41, 5.74) is 2.74. The van der Waals surface area contributed by atoms with Gasteiger partial charge in [0, 0.05) is 22.7 Å². The van der Waals surface area contributed by atoms with Crippen molar-refractivity contribution in [2.24, 2.45) is 0 Å². The number of rotatable bonds is 8. The number of nitrogens with zero attached hydrogens (tertiary/aromatic N) is 2. The summed E-state index contributed by atoms with van der Waals surface area (Å²) in [6.07, 6.45) is 0. The smallest absolute Gasteiger partial charge is 0.337 e. The lowest BCUT2D eigenvalue weighted by Gasteiger charge is -2.14. The molecule has 3 aromatic carbocycles. The van der Waals surface area contributed by atoms with Gasteiger partial charge in [0.15, 0.2) is 16.7 Å². The van der Waals surface area contributed by atoms with Crippen LogP contribution in [0.25, 0.3) is 27.6 Å². The highest BCUT2D eigenvalue weighted by molar-refractivity contribution is 7.99. The summed E-state index contributed by atoms with van der Waals surface area (Å²) in [5, 5.41) is 3.94. The van der Waals surface area contributed by atoms with Crippen molar-refractivity contribution >= 4 is 51.3 Å². The molecule has 0 spiro atoms. The number of anilines is 1. The van der Waals surface area contributed by atoms with Crippen molar-refractivity contribution in [3.05, 3.63) is 82.6 Å². The predicted octanol–water partition coefficient (Wildman–Crippen LogP) is 4.40. The Labute approximate surface area is 226 Å². The molecule has 2 aromatic heterocycles. The van der Waals surface area contributed by atoms with Crippen LogP contribution in [0.3, 0.4) is 0 Å². The SMILES string of the molecule is COC(=O)c1ccc(NC(=O)CSc2nc3c([nH]c4ccccc43)c(=O)n2-c2ccc(OC)c(OC)c2)cc1. The Morgan fingerprint density at radius 2 is 1.72 bits per heavy atom. The van der Waals surface area contributed by atoms with Gasteiger partial charge >= 0.3 is 5.97 Å². The maximum atomic E-state index is 13.8. The van der Waals surface area contributed by atoms with Crippen molar-refractivity contribution in [3.8, 4) is 17.2 Å². The highest BCUT2D eigenvalue weighted by Crippen LogP contribution is 2.31. The van der Waals surface area contributed by atoms with E-state index in [1.165, 1.54) is 25.9 Å². The lowest BCUT2D eigenvalue weighted by molar-refractivity contribution is -0.113. The highest BCUT2D eigenvalue weighted by Gasteiger charge is 2.19. The summed E-state index contributed by atoms with van der Waals surface area (Å²) in [5.74, 6) is 0.170. The molecule has 0 aliphatic heterocycles. The third-order valence-electron chi connectivity index (χ3n) is 6.04. The fourth-order valence-corrected chi connectivity index (χ4v) is 4.97. The second kappa shape index (κ2) is 10.9. The number of amides is 1. The Balaban J connectivity index is 1.51. The number of hydrogen-bond acceptors (Lipinski definition) is 8. The van der Waals surface area contributed by atoms with Gasteiger partial charge in [0.1, 0.15) is 11.0 Å². The first-order valence-electron chi connectivity index (χ1n) is 11.8. The molecular weight excluding hydrogens is 520 g/mol. The average Bonchev–Trinajstić information content (AvgIpc) is 3.35. The molecule has 39 heavy (non-hydrogen) atoms. The van der Waals surface area contributed by atoms with Gasteiger partial charge in [-0.15, -0.1) is 0 Å². The van der Waals surface area contributed by atoms with E-state index in [9.17, 15) is 14.4 Å². The van der Waals surface area contributed by atoms with Crippen molar-refractivity contribution in [3.63, 3.8) is 0 Å². The van der Waals surface area contributed by atoms with Gasteiger partial charge in [-0.25, -0.2) is 9.78 Å². The number of carbonyl (C=O) groups is 2. The van der Waals surface area contributed by atoms with Crippen LogP contribution in [0.2, 0.25) is 0 Å². The third-order valence-corrected chi connectivity index (χ3v) is 6.98. The van der Waals surface area contributed by atoms with E-state index in [-0.39, 0.29) is 17.2 Å². The minimum Gasteiger partial charge on any atom is -0.493 e. The number of para-hydroxylation sites is 1. The molecule has 0 saturated carbocycles. The van der Waals surface area contributed by atoms with Crippen LogP contribution in [0.4, 0.5) is 5.69 Å². The summed E-state index contributed by atoms with van der Waals surface area (Å²) < 4.78 is 16.9. The molecule has 5 rings (SSSR count). The second-order valence-corrected chi connectivity index (χ2v) is 9.32. The number of aromatic nitrogens is 3. The summed E-state index contributed by atoms with van der Waals surface area (Å²) in [6.45, 7) is 0. The van der Waals surface area contributed by atoms with Gasteiger partial charge in [0.05, 0.1) is 38.3 Å². The first kappa shape index (κ1) is 25.9. The molecule has 0 fully saturated rings. The number of thioether (sulfide) groups is 1. The van der Waals surface area contributed by atoms with Gasteiger partial charge in [-0.2, -0.15) is 0 Å². The average molecular weight is 545 g/mol. The largest absolute Gasteiger partial charge is 0.493 e. The Morgan fingerprint density at radius 1 is 0.974 bits per heavy atom. The monoisotopic (exact) mass is 544 g/mol. The number of carbonyl (C=O) groups excluding carboxylic acids is 2.